The van der Waals surface area contributed by atoms with Crippen molar-refractivity contribution in [3.63, 3.8) is 0 Å². The third-order valence-corrected chi connectivity index (χ3v) is 5.42. The number of carboxylic acid groups (broad SMARTS) is 1. The number of fused-ring (bicyclic) bond motifs is 1. The van der Waals surface area contributed by atoms with Crippen LogP contribution in [0.5, 0.6) is 0 Å². The molecule has 1 aromatic carbocycles. The maximum atomic E-state index is 12.7. The van der Waals surface area contributed by atoms with Gasteiger partial charge >= 0.3 is 6.09 Å². The monoisotopic (exact) mass is 468 g/mol. The Balaban J connectivity index is 1.36. The number of pyridine rings is 1. The van der Waals surface area contributed by atoms with Crippen molar-refractivity contribution in [2.24, 2.45) is 0 Å². The molecule has 4 aromatic rings. The van der Waals surface area contributed by atoms with Gasteiger partial charge in [-0.3, -0.25) is 10.1 Å². The number of rotatable bonds is 3. The molecule has 10 nitrogen and oxygen atoms in total. The molecule has 174 valence electrons. The molecule has 0 bridgehead atoms. The summed E-state index contributed by atoms with van der Waals surface area (Å²) in [6.45, 7) is 2.33. The van der Waals surface area contributed by atoms with E-state index < -0.39 is 6.09 Å². The summed E-state index contributed by atoms with van der Waals surface area (Å²) in [6, 6.07) is 14.3. The SMILES string of the molecule is O=C(O)Nc1ccc(C#Cc2cnc3ccc(-c4ccc(C(=O)N5CCOCC5)cc4)nn23)cn1. The average molecular weight is 468 g/mol. The molecule has 1 fully saturated rings. The van der Waals surface area contributed by atoms with Crippen molar-refractivity contribution < 1.29 is 19.4 Å². The first-order valence-corrected chi connectivity index (χ1v) is 10.9. The minimum absolute atomic E-state index is 0.00306. The summed E-state index contributed by atoms with van der Waals surface area (Å²) in [7, 11) is 0. The number of nitrogens with one attached hydrogen (secondary N) is 1. The van der Waals surface area contributed by atoms with Crippen LogP contribution in [0.25, 0.3) is 16.9 Å². The van der Waals surface area contributed by atoms with E-state index in [1.165, 1.54) is 12.3 Å². The zero-order valence-corrected chi connectivity index (χ0v) is 18.5. The van der Waals surface area contributed by atoms with Crippen LogP contribution in [0.4, 0.5) is 10.6 Å². The number of hydrogen-bond acceptors (Lipinski definition) is 6. The largest absolute Gasteiger partial charge is 0.465 e. The lowest BCUT2D eigenvalue weighted by Gasteiger charge is -2.26. The Bertz CT molecular complexity index is 1450. The summed E-state index contributed by atoms with van der Waals surface area (Å²) in [6.07, 6.45) is 1.94. The summed E-state index contributed by atoms with van der Waals surface area (Å²) >= 11 is 0. The maximum Gasteiger partial charge on any atom is 0.410 e. The molecule has 2 N–H and O–H groups in total. The predicted octanol–water partition coefficient (Wildman–Crippen LogP) is 2.75. The molecular formula is C25H20N6O4. The van der Waals surface area contributed by atoms with E-state index in [-0.39, 0.29) is 11.7 Å². The highest BCUT2D eigenvalue weighted by atomic mass is 16.5. The van der Waals surface area contributed by atoms with Crippen LogP contribution in [0.3, 0.4) is 0 Å². The number of aromatic nitrogens is 4. The molecule has 10 heteroatoms. The molecular weight excluding hydrogens is 448 g/mol. The fourth-order valence-corrected chi connectivity index (χ4v) is 3.63. The van der Waals surface area contributed by atoms with Crippen LogP contribution in [-0.4, -0.2) is 67.9 Å². The van der Waals surface area contributed by atoms with Crippen LogP contribution in [0, 0.1) is 11.8 Å². The number of benzene rings is 1. The molecule has 0 spiro atoms. The third kappa shape index (κ3) is 4.95. The first-order valence-electron chi connectivity index (χ1n) is 10.9. The fraction of sp³-hybridized carbons (Fsp3) is 0.160. The Labute approximate surface area is 200 Å². The molecule has 0 radical (unpaired) electrons. The molecule has 5 rings (SSSR count). The minimum Gasteiger partial charge on any atom is -0.465 e. The lowest BCUT2D eigenvalue weighted by molar-refractivity contribution is 0.0303. The zero-order chi connectivity index (χ0) is 24.2. The van der Waals surface area contributed by atoms with E-state index in [0.29, 0.717) is 48.8 Å². The Kier molecular flexibility index (Phi) is 6.07. The first kappa shape index (κ1) is 22.1. The molecule has 0 atom stereocenters. The molecule has 3 aromatic heterocycles. The summed E-state index contributed by atoms with van der Waals surface area (Å²) in [5, 5.41) is 15.6. The number of carbonyl (C=O) groups is 2. The van der Waals surface area contributed by atoms with Crippen molar-refractivity contribution in [3.8, 4) is 23.1 Å². The van der Waals surface area contributed by atoms with E-state index in [1.54, 1.807) is 21.7 Å². The van der Waals surface area contributed by atoms with E-state index in [2.05, 4.69) is 32.2 Å². The minimum atomic E-state index is -1.18. The van der Waals surface area contributed by atoms with Crippen LogP contribution in [0.2, 0.25) is 0 Å². The van der Waals surface area contributed by atoms with Crippen molar-refractivity contribution in [2.45, 2.75) is 0 Å². The van der Waals surface area contributed by atoms with Gasteiger partial charge in [0.1, 0.15) is 11.5 Å². The highest BCUT2D eigenvalue weighted by Crippen LogP contribution is 2.19. The second-order valence-corrected chi connectivity index (χ2v) is 7.73. The standard InChI is InChI=1S/C25H20N6O4/c32-24(30-11-13-35-14-12-30)19-5-3-18(4-6-19)21-8-10-23-27-16-20(31(23)29-21)7-1-17-2-9-22(26-15-17)28-25(33)34/h2-6,8-10,15-16H,11-14H2,(H,26,28)(H,33,34). The third-order valence-electron chi connectivity index (χ3n) is 5.42. The first-order chi connectivity index (χ1) is 17.1. The van der Waals surface area contributed by atoms with Gasteiger partial charge in [0.25, 0.3) is 5.91 Å². The number of imidazole rings is 1. The van der Waals surface area contributed by atoms with Crippen molar-refractivity contribution in [3.05, 3.63) is 77.7 Å². The van der Waals surface area contributed by atoms with E-state index >= 15 is 0 Å². The van der Waals surface area contributed by atoms with E-state index in [0.717, 1.165) is 11.3 Å². The van der Waals surface area contributed by atoms with Crippen molar-refractivity contribution >= 4 is 23.5 Å². The van der Waals surface area contributed by atoms with Crippen molar-refractivity contribution in [1.29, 1.82) is 0 Å². The van der Waals surface area contributed by atoms with E-state index in [4.69, 9.17) is 9.84 Å². The smallest absolute Gasteiger partial charge is 0.410 e. The van der Waals surface area contributed by atoms with Gasteiger partial charge in [0, 0.05) is 36.0 Å². The molecule has 35 heavy (non-hydrogen) atoms. The fourth-order valence-electron chi connectivity index (χ4n) is 3.63. The molecule has 0 unspecified atom stereocenters. The van der Waals surface area contributed by atoms with Gasteiger partial charge in [-0.05, 0) is 42.3 Å². The van der Waals surface area contributed by atoms with Gasteiger partial charge in [-0.15, -0.1) is 0 Å². The summed E-state index contributed by atoms with van der Waals surface area (Å²) < 4.78 is 6.97. The molecule has 2 amide bonds. The Morgan fingerprint density at radius 1 is 0.943 bits per heavy atom. The maximum absolute atomic E-state index is 12.7. The molecule has 1 aliphatic heterocycles. The second-order valence-electron chi connectivity index (χ2n) is 7.73. The summed E-state index contributed by atoms with van der Waals surface area (Å²) in [4.78, 5) is 33.5. The number of nitrogens with zero attached hydrogens (tertiary/aromatic N) is 5. The summed E-state index contributed by atoms with van der Waals surface area (Å²) in [5.41, 5.74) is 4.07. The van der Waals surface area contributed by atoms with Crippen molar-refractivity contribution in [2.75, 3.05) is 31.6 Å². The quantitative estimate of drug-likeness (QED) is 0.443. The van der Waals surface area contributed by atoms with Gasteiger partial charge in [0.15, 0.2) is 5.65 Å². The molecule has 0 saturated carbocycles. The number of carbonyl (C=O) groups excluding carboxylic acids is 1. The van der Waals surface area contributed by atoms with Gasteiger partial charge in [-0.2, -0.15) is 5.10 Å². The zero-order valence-electron chi connectivity index (χ0n) is 18.5. The van der Waals surface area contributed by atoms with Gasteiger partial charge in [-0.1, -0.05) is 18.1 Å². The Hall–Kier alpha value is -4.75. The molecule has 1 saturated heterocycles. The molecule has 4 heterocycles. The van der Waals surface area contributed by atoms with E-state index in [9.17, 15) is 9.59 Å². The number of amides is 2. The van der Waals surface area contributed by atoms with Gasteiger partial charge < -0.3 is 14.7 Å². The van der Waals surface area contributed by atoms with Crippen LogP contribution in [0.1, 0.15) is 21.6 Å². The van der Waals surface area contributed by atoms with Crippen LogP contribution >= 0.6 is 0 Å². The van der Waals surface area contributed by atoms with Crippen molar-refractivity contribution in [1.82, 2.24) is 24.5 Å². The highest BCUT2D eigenvalue weighted by Gasteiger charge is 2.18. The van der Waals surface area contributed by atoms with Gasteiger partial charge in [0.05, 0.1) is 25.1 Å². The van der Waals surface area contributed by atoms with E-state index in [1.807, 2.05) is 36.4 Å². The average Bonchev–Trinajstić information content (AvgIpc) is 3.30. The van der Waals surface area contributed by atoms with Crippen LogP contribution < -0.4 is 5.32 Å². The van der Waals surface area contributed by atoms with Crippen LogP contribution in [0.15, 0.2) is 60.9 Å². The predicted molar refractivity (Wildman–Crippen MR) is 127 cm³/mol. The lowest BCUT2D eigenvalue weighted by Crippen LogP contribution is -2.40. The van der Waals surface area contributed by atoms with Gasteiger partial charge in [0.2, 0.25) is 0 Å². The highest BCUT2D eigenvalue weighted by molar-refractivity contribution is 5.94. The number of hydrogen-bond donors (Lipinski definition) is 2. The topological polar surface area (TPSA) is 122 Å². The van der Waals surface area contributed by atoms with Gasteiger partial charge in [-0.25, -0.2) is 19.3 Å². The number of anilines is 1. The lowest BCUT2D eigenvalue weighted by atomic mass is 10.1. The number of morpholine rings is 1. The normalized spacial score (nSPS) is 13.2. The Morgan fingerprint density at radius 2 is 1.74 bits per heavy atom. The second kappa shape index (κ2) is 9.62. The molecule has 1 aliphatic rings. The Morgan fingerprint density at radius 3 is 2.46 bits per heavy atom. The van der Waals surface area contributed by atoms with Crippen LogP contribution in [-0.2, 0) is 4.74 Å². The molecule has 0 aliphatic carbocycles. The summed E-state index contributed by atoms with van der Waals surface area (Å²) in [5.74, 6) is 6.25. The number of ether oxygens (including phenoxy) is 1.